The number of aromatic nitrogens is 2. The lowest BCUT2D eigenvalue weighted by Gasteiger charge is -2.12. The molecule has 1 unspecified atom stereocenters. The Morgan fingerprint density at radius 2 is 2.39 bits per heavy atom. The number of nitrogens with zero attached hydrogens (tertiary/aromatic N) is 2. The minimum Gasteiger partial charge on any atom is -0.396 e. The molecule has 18 heavy (non-hydrogen) atoms. The second kappa shape index (κ2) is 6.15. The van der Waals surface area contributed by atoms with Gasteiger partial charge in [-0.1, -0.05) is 0 Å². The Hall–Kier alpha value is -1.14. The lowest BCUT2D eigenvalue weighted by molar-refractivity contribution is 0.106. The van der Waals surface area contributed by atoms with Crippen molar-refractivity contribution in [3.63, 3.8) is 0 Å². The van der Waals surface area contributed by atoms with Crippen LogP contribution in [0.5, 0.6) is 0 Å². The summed E-state index contributed by atoms with van der Waals surface area (Å²) in [6.45, 7) is -0.0597. The molecular formula is C10H15N3O4P+. The van der Waals surface area contributed by atoms with Gasteiger partial charge in [-0.05, 0) is 18.9 Å². The number of aliphatic hydroxyl groups excluding tert-OH is 1. The average molecular weight is 272 g/mol. The third-order valence-corrected chi connectivity index (χ3v) is 3.48. The van der Waals surface area contributed by atoms with Crippen molar-refractivity contribution in [1.29, 1.82) is 0 Å². The Morgan fingerprint density at radius 1 is 1.56 bits per heavy atom. The SMILES string of the molecule is O=[P+](O)O[C@H]1C[C@H](Nc2ccncn2)C[C@@H]1CO. The lowest BCUT2D eigenvalue weighted by atomic mass is 10.1. The molecule has 0 saturated heterocycles. The first-order chi connectivity index (χ1) is 8.69. The molecule has 7 nitrogen and oxygen atoms in total. The maximum Gasteiger partial charge on any atom is 0.695 e. The summed E-state index contributed by atoms with van der Waals surface area (Å²) in [5, 5.41) is 12.4. The van der Waals surface area contributed by atoms with Crippen molar-refractivity contribution in [3.8, 4) is 0 Å². The van der Waals surface area contributed by atoms with Gasteiger partial charge in [0, 0.05) is 29.3 Å². The number of hydrogen-bond acceptors (Lipinski definition) is 6. The van der Waals surface area contributed by atoms with E-state index in [9.17, 15) is 9.67 Å². The summed E-state index contributed by atoms with van der Waals surface area (Å²) >= 11 is 0. The predicted octanol–water partition coefficient (Wildman–Crippen LogP) is 0.694. The zero-order valence-electron chi connectivity index (χ0n) is 9.64. The third-order valence-electron chi connectivity index (χ3n) is 3.02. The van der Waals surface area contributed by atoms with Gasteiger partial charge in [-0.2, -0.15) is 0 Å². The highest BCUT2D eigenvalue weighted by atomic mass is 31.1. The van der Waals surface area contributed by atoms with Crippen LogP contribution >= 0.6 is 8.25 Å². The van der Waals surface area contributed by atoms with Gasteiger partial charge < -0.3 is 10.4 Å². The van der Waals surface area contributed by atoms with Crippen LogP contribution in [0.2, 0.25) is 0 Å². The highest BCUT2D eigenvalue weighted by Crippen LogP contribution is 2.35. The minimum absolute atomic E-state index is 0.0597. The summed E-state index contributed by atoms with van der Waals surface area (Å²) in [5.74, 6) is 0.566. The number of rotatable bonds is 5. The van der Waals surface area contributed by atoms with Gasteiger partial charge in [-0.25, -0.2) is 9.97 Å². The van der Waals surface area contributed by atoms with E-state index >= 15 is 0 Å². The molecule has 2 rings (SSSR count). The molecule has 1 fully saturated rings. The Labute approximate surface area is 105 Å². The summed E-state index contributed by atoms with van der Waals surface area (Å²) in [6.07, 6.45) is 3.92. The first kappa shape index (κ1) is 13.3. The number of hydrogen-bond donors (Lipinski definition) is 3. The van der Waals surface area contributed by atoms with E-state index in [0.29, 0.717) is 18.7 Å². The molecule has 0 amide bonds. The minimum atomic E-state index is -2.64. The van der Waals surface area contributed by atoms with Gasteiger partial charge in [-0.15, -0.1) is 9.42 Å². The molecule has 0 aromatic carbocycles. The highest BCUT2D eigenvalue weighted by molar-refractivity contribution is 7.32. The largest absolute Gasteiger partial charge is 0.695 e. The monoisotopic (exact) mass is 272 g/mol. The third kappa shape index (κ3) is 3.43. The number of aliphatic hydroxyl groups is 1. The molecule has 4 atom stereocenters. The van der Waals surface area contributed by atoms with E-state index in [1.807, 2.05) is 0 Å². The standard InChI is InChI=1S/C10H14N3O4P/c14-5-7-3-8(4-9(7)17-18(15)16)13-10-1-2-11-6-12-10/h1-2,6-9,14H,3-5H2,(H-,11,12,13,15,16)/p+1/t7-,8-,9+/m1/s1. The van der Waals surface area contributed by atoms with Crippen LogP contribution in [0, 0.1) is 5.92 Å². The van der Waals surface area contributed by atoms with E-state index < -0.39 is 14.4 Å². The number of nitrogens with one attached hydrogen (secondary N) is 1. The maximum absolute atomic E-state index is 10.7. The Balaban J connectivity index is 1.94. The Morgan fingerprint density at radius 3 is 3.00 bits per heavy atom. The molecule has 1 aliphatic carbocycles. The van der Waals surface area contributed by atoms with Crippen molar-refractivity contribution in [1.82, 2.24) is 9.97 Å². The van der Waals surface area contributed by atoms with Crippen molar-refractivity contribution in [2.75, 3.05) is 11.9 Å². The summed E-state index contributed by atoms with van der Waals surface area (Å²) in [5.41, 5.74) is 0. The molecular weight excluding hydrogens is 257 g/mol. The van der Waals surface area contributed by atoms with Crippen molar-refractivity contribution >= 4 is 14.1 Å². The highest BCUT2D eigenvalue weighted by Gasteiger charge is 2.40. The van der Waals surface area contributed by atoms with Crippen molar-refractivity contribution in [2.24, 2.45) is 5.92 Å². The van der Waals surface area contributed by atoms with Crippen LogP contribution < -0.4 is 5.32 Å². The van der Waals surface area contributed by atoms with Crippen LogP contribution in [0.4, 0.5) is 5.82 Å². The van der Waals surface area contributed by atoms with Crippen molar-refractivity contribution < 1.29 is 19.1 Å². The normalized spacial score (nSPS) is 28.1. The van der Waals surface area contributed by atoms with Gasteiger partial charge in [0.2, 0.25) is 0 Å². The molecule has 0 spiro atoms. The fourth-order valence-corrected chi connectivity index (χ4v) is 2.72. The number of anilines is 1. The molecule has 0 radical (unpaired) electrons. The summed E-state index contributed by atoms with van der Waals surface area (Å²) < 4.78 is 15.6. The van der Waals surface area contributed by atoms with E-state index in [0.717, 1.165) is 0 Å². The fraction of sp³-hybridized carbons (Fsp3) is 0.600. The topological polar surface area (TPSA) is 105 Å². The van der Waals surface area contributed by atoms with Crippen LogP contribution in [0.25, 0.3) is 0 Å². The average Bonchev–Trinajstić information content (AvgIpc) is 2.71. The summed E-state index contributed by atoms with van der Waals surface area (Å²) in [6, 6.07) is 1.81. The maximum atomic E-state index is 10.7. The van der Waals surface area contributed by atoms with E-state index in [4.69, 9.17) is 9.42 Å². The molecule has 3 N–H and O–H groups in total. The molecule has 0 aliphatic heterocycles. The first-order valence-electron chi connectivity index (χ1n) is 5.65. The van der Waals surface area contributed by atoms with E-state index in [2.05, 4.69) is 15.3 Å². The summed E-state index contributed by atoms with van der Waals surface area (Å²) in [7, 11) is -2.64. The van der Waals surface area contributed by atoms with E-state index in [1.165, 1.54) is 6.33 Å². The van der Waals surface area contributed by atoms with Gasteiger partial charge in [0.05, 0.1) is 0 Å². The van der Waals surface area contributed by atoms with Gasteiger partial charge >= 0.3 is 8.25 Å². The molecule has 8 heteroatoms. The van der Waals surface area contributed by atoms with Crippen LogP contribution in [-0.2, 0) is 9.09 Å². The second-order valence-electron chi connectivity index (χ2n) is 4.23. The predicted molar refractivity (Wildman–Crippen MR) is 64.0 cm³/mol. The van der Waals surface area contributed by atoms with E-state index in [-0.39, 0.29) is 18.6 Å². The van der Waals surface area contributed by atoms with Gasteiger partial charge in [-0.3, -0.25) is 0 Å². The van der Waals surface area contributed by atoms with Gasteiger partial charge in [0.1, 0.15) is 18.2 Å². The lowest BCUT2D eigenvalue weighted by Crippen LogP contribution is -2.18. The molecule has 0 bridgehead atoms. The second-order valence-corrected chi connectivity index (χ2v) is 4.92. The van der Waals surface area contributed by atoms with Gasteiger partial charge in [0.25, 0.3) is 0 Å². The molecule has 1 saturated carbocycles. The molecule has 1 aliphatic rings. The molecule has 1 aromatic rings. The van der Waals surface area contributed by atoms with Crippen LogP contribution in [0.1, 0.15) is 12.8 Å². The quantitative estimate of drug-likeness (QED) is 0.677. The zero-order chi connectivity index (χ0) is 13.0. The van der Waals surface area contributed by atoms with Crippen LogP contribution in [0.15, 0.2) is 18.6 Å². The first-order valence-corrected chi connectivity index (χ1v) is 6.78. The summed E-state index contributed by atoms with van der Waals surface area (Å²) in [4.78, 5) is 16.6. The molecule has 1 heterocycles. The Kier molecular flexibility index (Phi) is 4.54. The fourth-order valence-electron chi connectivity index (χ4n) is 2.23. The van der Waals surface area contributed by atoms with Crippen LogP contribution in [-0.4, -0.2) is 38.7 Å². The molecule has 98 valence electrons. The molecule has 1 aromatic heterocycles. The van der Waals surface area contributed by atoms with Crippen LogP contribution in [0.3, 0.4) is 0 Å². The Bertz CT molecular complexity index is 405. The van der Waals surface area contributed by atoms with Gasteiger partial charge in [0.15, 0.2) is 0 Å². The smallest absolute Gasteiger partial charge is 0.396 e. The van der Waals surface area contributed by atoms with Crippen molar-refractivity contribution in [2.45, 2.75) is 25.0 Å². The van der Waals surface area contributed by atoms with E-state index in [1.54, 1.807) is 12.3 Å². The van der Waals surface area contributed by atoms with Crippen molar-refractivity contribution in [3.05, 3.63) is 18.6 Å². The zero-order valence-corrected chi connectivity index (χ0v) is 10.5.